The number of rotatable bonds is 5. The van der Waals surface area contributed by atoms with Crippen LogP contribution in [0.1, 0.15) is 18.6 Å². The molecule has 1 amide bonds. The highest BCUT2D eigenvalue weighted by atomic mass is 35.5. The van der Waals surface area contributed by atoms with E-state index in [0.29, 0.717) is 16.3 Å². The summed E-state index contributed by atoms with van der Waals surface area (Å²) in [6, 6.07) is 14.9. The van der Waals surface area contributed by atoms with E-state index < -0.39 is 24.1 Å². The van der Waals surface area contributed by atoms with Gasteiger partial charge in [0.05, 0.1) is 0 Å². The van der Waals surface area contributed by atoms with Crippen molar-refractivity contribution in [2.75, 3.05) is 5.32 Å². The first kappa shape index (κ1) is 17.0. The summed E-state index contributed by atoms with van der Waals surface area (Å²) in [6.07, 6.45) is -2.47. The fraction of sp³-hybridized carbons (Fsp3) is 0.176. The van der Waals surface area contributed by atoms with Gasteiger partial charge in [0.2, 0.25) is 0 Å². The van der Waals surface area contributed by atoms with Crippen LogP contribution in [0.5, 0.6) is 0 Å². The highest BCUT2D eigenvalue weighted by Crippen LogP contribution is 2.16. The van der Waals surface area contributed by atoms with Gasteiger partial charge in [-0.05, 0) is 36.8 Å². The van der Waals surface area contributed by atoms with Crippen LogP contribution in [0.3, 0.4) is 0 Å². The van der Waals surface area contributed by atoms with E-state index in [1.54, 1.807) is 54.6 Å². The van der Waals surface area contributed by atoms with Gasteiger partial charge in [0.15, 0.2) is 12.2 Å². The fourth-order valence-electron chi connectivity index (χ4n) is 1.84. The first-order valence-electron chi connectivity index (χ1n) is 6.97. The Morgan fingerprint density at radius 2 is 1.70 bits per heavy atom. The predicted molar refractivity (Wildman–Crippen MR) is 87.0 cm³/mol. The summed E-state index contributed by atoms with van der Waals surface area (Å²) in [5.74, 6) is -1.38. The second kappa shape index (κ2) is 7.76. The molecule has 0 saturated carbocycles. The number of aliphatic hydroxyl groups excluding tert-OH is 1. The molecule has 0 spiro atoms. The summed E-state index contributed by atoms with van der Waals surface area (Å²) < 4.78 is 5.00. The minimum Gasteiger partial charge on any atom is -0.450 e. The van der Waals surface area contributed by atoms with Crippen molar-refractivity contribution in [2.24, 2.45) is 0 Å². The van der Waals surface area contributed by atoms with Crippen molar-refractivity contribution in [1.82, 2.24) is 0 Å². The number of amides is 1. The molecule has 0 saturated heterocycles. The van der Waals surface area contributed by atoms with Crippen LogP contribution in [0.25, 0.3) is 0 Å². The number of anilines is 1. The minimum absolute atomic E-state index is 0.405. The van der Waals surface area contributed by atoms with Crippen LogP contribution in [0, 0.1) is 0 Å². The molecule has 0 fully saturated rings. The smallest absolute Gasteiger partial charge is 0.340 e. The van der Waals surface area contributed by atoms with Crippen LogP contribution < -0.4 is 5.32 Å². The standard InChI is InChI=1S/C17H16ClNO4/c1-11(16(21)19-14-9-7-13(18)8-10-14)23-17(22)15(20)12-5-3-2-4-6-12/h2-11,15,20H,1H3,(H,19,21)/t11-,15-/m0/s1. The van der Waals surface area contributed by atoms with Crippen LogP contribution in [0.2, 0.25) is 5.02 Å². The Kier molecular flexibility index (Phi) is 5.73. The fourth-order valence-corrected chi connectivity index (χ4v) is 1.97. The predicted octanol–water partition coefficient (Wildman–Crippen LogP) is 2.94. The molecule has 5 nitrogen and oxygen atoms in total. The average Bonchev–Trinajstić information content (AvgIpc) is 2.56. The number of esters is 1. The summed E-state index contributed by atoms with van der Waals surface area (Å²) in [7, 11) is 0. The van der Waals surface area contributed by atoms with E-state index in [9.17, 15) is 14.7 Å². The maximum atomic E-state index is 12.0. The van der Waals surface area contributed by atoms with Crippen molar-refractivity contribution in [3.63, 3.8) is 0 Å². The van der Waals surface area contributed by atoms with Gasteiger partial charge in [0.25, 0.3) is 5.91 Å². The first-order valence-corrected chi connectivity index (χ1v) is 7.35. The van der Waals surface area contributed by atoms with Gasteiger partial charge < -0.3 is 15.2 Å². The molecule has 23 heavy (non-hydrogen) atoms. The molecule has 2 aromatic carbocycles. The highest BCUT2D eigenvalue weighted by molar-refractivity contribution is 6.30. The Hall–Kier alpha value is -2.37. The second-order valence-electron chi connectivity index (χ2n) is 4.89. The number of carbonyl (C=O) groups is 2. The van der Waals surface area contributed by atoms with E-state index in [1.807, 2.05) is 0 Å². The lowest BCUT2D eigenvalue weighted by molar-refractivity contribution is -0.162. The van der Waals surface area contributed by atoms with Crippen LogP contribution in [-0.4, -0.2) is 23.1 Å². The Bertz CT molecular complexity index is 673. The zero-order valence-corrected chi connectivity index (χ0v) is 13.2. The molecule has 0 aromatic heterocycles. The topological polar surface area (TPSA) is 75.6 Å². The maximum absolute atomic E-state index is 12.0. The molecule has 0 bridgehead atoms. The third-order valence-electron chi connectivity index (χ3n) is 3.11. The van der Waals surface area contributed by atoms with Crippen LogP contribution in [-0.2, 0) is 14.3 Å². The molecule has 2 N–H and O–H groups in total. The molecule has 2 aromatic rings. The molecule has 0 heterocycles. The normalized spacial score (nSPS) is 13.0. The van der Waals surface area contributed by atoms with Crippen LogP contribution >= 0.6 is 11.6 Å². The van der Waals surface area contributed by atoms with Crippen molar-refractivity contribution in [2.45, 2.75) is 19.1 Å². The minimum atomic E-state index is -1.43. The van der Waals surface area contributed by atoms with Gasteiger partial charge in [-0.25, -0.2) is 4.79 Å². The lowest BCUT2D eigenvalue weighted by atomic mass is 10.1. The van der Waals surface area contributed by atoms with Crippen molar-refractivity contribution < 1.29 is 19.4 Å². The SMILES string of the molecule is C[C@H](OC(=O)[C@@H](O)c1ccccc1)C(=O)Nc1ccc(Cl)cc1. The number of aliphatic hydroxyl groups is 1. The molecular weight excluding hydrogens is 318 g/mol. The summed E-state index contributed by atoms with van der Waals surface area (Å²) >= 11 is 5.76. The Labute approximate surface area is 138 Å². The average molecular weight is 334 g/mol. The number of carbonyl (C=O) groups excluding carboxylic acids is 2. The zero-order valence-electron chi connectivity index (χ0n) is 12.4. The number of hydrogen-bond acceptors (Lipinski definition) is 4. The molecule has 0 aliphatic carbocycles. The third-order valence-corrected chi connectivity index (χ3v) is 3.36. The number of nitrogens with one attached hydrogen (secondary N) is 1. The van der Waals surface area contributed by atoms with Crippen molar-refractivity contribution in [3.8, 4) is 0 Å². The number of benzene rings is 2. The highest BCUT2D eigenvalue weighted by Gasteiger charge is 2.24. The van der Waals surface area contributed by atoms with Crippen molar-refractivity contribution >= 4 is 29.2 Å². The lowest BCUT2D eigenvalue weighted by Crippen LogP contribution is -2.31. The molecule has 120 valence electrons. The molecule has 0 unspecified atom stereocenters. The number of hydrogen-bond donors (Lipinski definition) is 2. The first-order chi connectivity index (χ1) is 11.0. The van der Waals surface area contributed by atoms with Gasteiger partial charge in [0, 0.05) is 10.7 Å². The number of halogens is 1. The van der Waals surface area contributed by atoms with Crippen molar-refractivity contribution in [1.29, 1.82) is 0 Å². The van der Waals surface area contributed by atoms with E-state index in [2.05, 4.69) is 5.32 Å². The quantitative estimate of drug-likeness (QED) is 0.825. The Morgan fingerprint density at radius 3 is 2.30 bits per heavy atom. The summed E-state index contributed by atoms with van der Waals surface area (Å²) in [4.78, 5) is 23.9. The van der Waals surface area contributed by atoms with Gasteiger partial charge >= 0.3 is 5.97 Å². The Balaban J connectivity index is 1.92. The Morgan fingerprint density at radius 1 is 1.09 bits per heavy atom. The molecule has 2 rings (SSSR count). The largest absolute Gasteiger partial charge is 0.450 e. The monoisotopic (exact) mass is 333 g/mol. The van der Waals surface area contributed by atoms with E-state index in [-0.39, 0.29) is 0 Å². The number of ether oxygens (including phenoxy) is 1. The molecule has 0 aliphatic heterocycles. The van der Waals surface area contributed by atoms with E-state index in [1.165, 1.54) is 6.92 Å². The van der Waals surface area contributed by atoms with E-state index in [4.69, 9.17) is 16.3 Å². The van der Waals surface area contributed by atoms with Gasteiger partial charge in [-0.1, -0.05) is 41.9 Å². The molecule has 0 radical (unpaired) electrons. The van der Waals surface area contributed by atoms with Gasteiger partial charge in [0.1, 0.15) is 0 Å². The summed E-state index contributed by atoms with van der Waals surface area (Å²) in [5, 5.41) is 13.1. The molecule has 0 aliphatic rings. The summed E-state index contributed by atoms with van der Waals surface area (Å²) in [5.41, 5.74) is 0.939. The molecular formula is C17H16ClNO4. The van der Waals surface area contributed by atoms with Crippen molar-refractivity contribution in [3.05, 3.63) is 65.2 Å². The van der Waals surface area contributed by atoms with Gasteiger partial charge in [-0.2, -0.15) is 0 Å². The van der Waals surface area contributed by atoms with Gasteiger partial charge in [-0.3, -0.25) is 4.79 Å². The molecule has 2 atom stereocenters. The van der Waals surface area contributed by atoms with Crippen LogP contribution in [0.15, 0.2) is 54.6 Å². The van der Waals surface area contributed by atoms with Crippen LogP contribution in [0.4, 0.5) is 5.69 Å². The lowest BCUT2D eigenvalue weighted by Gasteiger charge is -2.16. The third kappa shape index (κ3) is 4.81. The second-order valence-corrected chi connectivity index (χ2v) is 5.32. The maximum Gasteiger partial charge on any atom is 0.340 e. The van der Waals surface area contributed by atoms with Gasteiger partial charge in [-0.15, -0.1) is 0 Å². The van der Waals surface area contributed by atoms with E-state index >= 15 is 0 Å². The van der Waals surface area contributed by atoms with E-state index in [0.717, 1.165) is 0 Å². The zero-order chi connectivity index (χ0) is 16.8. The summed E-state index contributed by atoms with van der Waals surface area (Å²) in [6.45, 7) is 1.43. The molecule has 6 heteroatoms.